The average molecular weight is 225 g/mol. The normalized spacial score (nSPS) is 32.1. The maximum Gasteiger partial charge on any atom is 0.233 e. The Labute approximate surface area is 95.6 Å². The van der Waals surface area contributed by atoms with E-state index in [1.54, 1.807) is 20.8 Å². The van der Waals surface area contributed by atoms with E-state index in [1.165, 1.54) is 4.90 Å². The summed E-state index contributed by atoms with van der Waals surface area (Å²) >= 11 is 0. The molecule has 90 valence electrons. The highest BCUT2D eigenvalue weighted by molar-refractivity contribution is 6.06. The van der Waals surface area contributed by atoms with Gasteiger partial charge in [-0.1, -0.05) is 6.42 Å². The van der Waals surface area contributed by atoms with Crippen molar-refractivity contribution in [1.82, 2.24) is 4.90 Å². The number of aliphatic hydroxyl groups is 1. The molecule has 2 fully saturated rings. The molecule has 2 aliphatic rings. The van der Waals surface area contributed by atoms with E-state index in [0.717, 1.165) is 19.3 Å². The summed E-state index contributed by atoms with van der Waals surface area (Å²) in [5.41, 5.74) is -0.793. The summed E-state index contributed by atoms with van der Waals surface area (Å²) in [5.74, 6) is -0.409. The van der Waals surface area contributed by atoms with Crippen LogP contribution in [0.3, 0.4) is 0 Å². The Hall–Kier alpha value is -0.900. The fourth-order valence-electron chi connectivity index (χ4n) is 2.75. The van der Waals surface area contributed by atoms with Crippen LogP contribution in [0.5, 0.6) is 0 Å². The summed E-state index contributed by atoms with van der Waals surface area (Å²) in [5, 5.41) is 9.69. The zero-order valence-electron chi connectivity index (χ0n) is 10.1. The third-order valence-electron chi connectivity index (χ3n) is 4.19. The van der Waals surface area contributed by atoms with Crippen molar-refractivity contribution in [3.63, 3.8) is 0 Å². The van der Waals surface area contributed by atoms with E-state index in [1.807, 2.05) is 0 Å². The van der Waals surface area contributed by atoms with E-state index in [-0.39, 0.29) is 23.7 Å². The standard InChI is InChI=1S/C12H19NO3/c1-7(14)12(2,3)13-10(15)8-5-4-6-9(8)11(13)16/h7-9,14H,4-6H2,1-3H3. The first-order valence-electron chi connectivity index (χ1n) is 5.93. The number of nitrogens with zero attached hydrogens (tertiary/aromatic N) is 1. The number of rotatable bonds is 2. The monoisotopic (exact) mass is 225 g/mol. The van der Waals surface area contributed by atoms with Crippen molar-refractivity contribution in [3.8, 4) is 0 Å². The minimum Gasteiger partial charge on any atom is -0.391 e. The summed E-state index contributed by atoms with van der Waals surface area (Å²) in [7, 11) is 0. The van der Waals surface area contributed by atoms with Gasteiger partial charge >= 0.3 is 0 Å². The smallest absolute Gasteiger partial charge is 0.233 e. The molecule has 1 saturated heterocycles. The summed E-state index contributed by atoms with van der Waals surface area (Å²) < 4.78 is 0. The molecule has 3 atom stereocenters. The van der Waals surface area contributed by atoms with Gasteiger partial charge in [-0.15, -0.1) is 0 Å². The lowest BCUT2D eigenvalue weighted by Gasteiger charge is -2.37. The number of likely N-dealkylation sites (tertiary alicyclic amines) is 1. The van der Waals surface area contributed by atoms with Gasteiger partial charge in [-0.2, -0.15) is 0 Å². The van der Waals surface area contributed by atoms with Crippen molar-refractivity contribution in [2.75, 3.05) is 0 Å². The first-order chi connectivity index (χ1) is 7.37. The van der Waals surface area contributed by atoms with E-state index in [4.69, 9.17) is 0 Å². The maximum atomic E-state index is 12.1. The molecule has 1 aliphatic carbocycles. The highest BCUT2D eigenvalue weighted by atomic mass is 16.3. The third kappa shape index (κ3) is 1.39. The van der Waals surface area contributed by atoms with Crippen LogP contribution < -0.4 is 0 Å². The first-order valence-corrected chi connectivity index (χ1v) is 5.93. The Kier molecular flexibility index (Phi) is 2.57. The number of imide groups is 1. The molecular formula is C12H19NO3. The molecule has 3 unspecified atom stereocenters. The lowest BCUT2D eigenvalue weighted by atomic mass is 9.96. The molecule has 1 N–H and O–H groups in total. The Morgan fingerprint density at radius 3 is 2.06 bits per heavy atom. The summed E-state index contributed by atoms with van der Waals surface area (Å²) in [6, 6.07) is 0. The third-order valence-corrected chi connectivity index (χ3v) is 4.19. The van der Waals surface area contributed by atoms with Crippen molar-refractivity contribution in [2.45, 2.75) is 51.7 Å². The Bertz CT molecular complexity index is 313. The van der Waals surface area contributed by atoms with Crippen LogP contribution in [-0.2, 0) is 9.59 Å². The van der Waals surface area contributed by atoms with E-state index < -0.39 is 11.6 Å². The molecule has 0 radical (unpaired) electrons. The minimum atomic E-state index is -0.793. The highest BCUT2D eigenvalue weighted by Gasteiger charge is 2.54. The number of fused-ring (bicyclic) bond motifs is 1. The Balaban J connectivity index is 2.31. The molecule has 2 amide bonds. The molecule has 0 aromatic rings. The van der Waals surface area contributed by atoms with Crippen LogP contribution in [-0.4, -0.2) is 33.5 Å². The van der Waals surface area contributed by atoms with Gasteiger partial charge in [-0.3, -0.25) is 14.5 Å². The van der Waals surface area contributed by atoms with Gasteiger partial charge < -0.3 is 5.11 Å². The molecule has 4 nitrogen and oxygen atoms in total. The number of hydrogen-bond donors (Lipinski definition) is 1. The van der Waals surface area contributed by atoms with Crippen LogP contribution in [0.4, 0.5) is 0 Å². The van der Waals surface area contributed by atoms with Crippen molar-refractivity contribution in [3.05, 3.63) is 0 Å². The Morgan fingerprint density at radius 1 is 1.25 bits per heavy atom. The van der Waals surface area contributed by atoms with Crippen LogP contribution >= 0.6 is 0 Å². The van der Waals surface area contributed by atoms with Gasteiger partial charge in [-0.25, -0.2) is 0 Å². The predicted octanol–water partition coefficient (Wildman–Crippen LogP) is 0.931. The van der Waals surface area contributed by atoms with Gasteiger partial charge in [0.15, 0.2) is 0 Å². The molecule has 1 heterocycles. The van der Waals surface area contributed by atoms with Crippen LogP contribution in [0.15, 0.2) is 0 Å². The number of carbonyl (C=O) groups excluding carboxylic acids is 2. The van der Waals surface area contributed by atoms with Crippen molar-refractivity contribution in [2.24, 2.45) is 11.8 Å². The minimum absolute atomic E-state index is 0.0848. The molecule has 16 heavy (non-hydrogen) atoms. The lowest BCUT2D eigenvalue weighted by Crippen LogP contribution is -2.54. The van der Waals surface area contributed by atoms with Crippen molar-refractivity contribution in [1.29, 1.82) is 0 Å². The number of aliphatic hydroxyl groups excluding tert-OH is 1. The molecule has 2 rings (SSSR count). The SMILES string of the molecule is CC(O)C(C)(C)N1C(=O)C2CCCC2C1=O. The van der Waals surface area contributed by atoms with Crippen LogP contribution in [0.25, 0.3) is 0 Å². The number of hydrogen-bond acceptors (Lipinski definition) is 3. The van der Waals surface area contributed by atoms with Crippen molar-refractivity contribution < 1.29 is 14.7 Å². The van der Waals surface area contributed by atoms with Gasteiger partial charge in [0.05, 0.1) is 23.5 Å². The van der Waals surface area contributed by atoms with Crippen LogP contribution in [0.1, 0.15) is 40.0 Å². The van der Waals surface area contributed by atoms with E-state index >= 15 is 0 Å². The molecule has 0 spiro atoms. The second-order valence-corrected chi connectivity index (χ2v) is 5.49. The molecule has 0 bridgehead atoms. The summed E-state index contributed by atoms with van der Waals surface area (Å²) in [4.78, 5) is 25.6. The molecular weight excluding hydrogens is 206 g/mol. The maximum absolute atomic E-state index is 12.1. The molecule has 1 saturated carbocycles. The number of carbonyl (C=O) groups is 2. The second kappa shape index (κ2) is 3.55. The largest absolute Gasteiger partial charge is 0.391 e. The van der Waals surface area contributed by atoms with Gasteiger partial charge in [0.2, 0.25) is 11.8 Å². The highest BCUT2D eigenvalue weighted by Crippen LogP contribution is 2.42. The molecule has 0 aromatic heterocycles. The van der Waals surface area contributed by atoms with Gasteiger partial charge in [0.1, 0.15) is 0 Å². The average Bonchev–Trinajstić information content (AvgIpc) is 2.71. The van der Waals surface area contributed by atoms with E-state index in [2.05, 4.69) is 0 Å². The zero-order chi connectivity index (χ0) is 12.1. The van der Waals surface area contributed by atoms with Gasteiger partial charge in [0, 0.05) is 0 Å². The fraction of sp³-hybridized carbons (Fsp3) is 0.833. The van der Waals surface area contributed by atoms with E-state index in [0.29, 0.717) is 0 Å². The lowest BCUT2D eigenvalue weighted by molar-refractivity contribution is -0.150. The van der Waals surface area contributed by atoms with E-state index in [9.17, 15) is 14.7 Å². The second-order valence-electron chi connectivity index (χ2n) is 5.49. The van der Waals surface area contributed by atoms with Crippen LogP contribution in [0.2, 0.25) is 0 Å². The van der Waals surface area contributed by atoms with Crippen LogP contribution in [0, 0.1) is 11.8 Å². The predicted molar refractivity (Wildman–Crippen MR) is 58.4 cm³/mol. The van der Waals surface area contributed by atoms with Crippen molar-refractivity contribution >= 4 is 11.8 Å². The molecule has 0 aromatic carbocycles. The summed E-state index contributed by atoms with van der Waals surface area (Å²) in [6.07, 6.45) is 1.90. The zero-order valence-corrected chi connectivity index (χ0v) is 10.1. The quantitative estimate of drug-likeness (QED) is 0.711. The summed E-state index contributed by atoms with van der Waals surface area (Å²) in [6.45, 7) is 5.11. The van der Waals surface area contributed by atoms with Gasteiger partial charge in [0.25, 0.3) is 0 Å². The topological polar surface area (TPSA) is 57.6 Å². The Morgan fingerprint density at radius 2 is 1.69 bits per heavy atom. The first kappa shape index (κ1) is 11.6. The fourth-order valence-corrected chi connectivity index (χ4v) is 2.75. The molecule has 1 aliphatic heterocycles. The van der Waals surface area contributed by atoms with Gasteiger partial charge in [-0.05, 0) is 33.6 Å². The number of amides is 2. The molecule has 4 heteroatoms.